The van der Waals surface area contributed by atoms with Gasteiger partial charge in [-0.3, -0.25) is 0 Å². The van der Waals surface area contributed by atoms with E-state index >= 15 is 0 Å². The lowest BCUT2D eigenvalue weighted by atomic mass is 10.0. The fourth-order valence-corrected chi connectivity index (χ4v) is 3.87. The van der Waals surface area contributed by atoms with Gasteiger partial charge in [-0.25, -0.2) is 0 Å². The number of nitrogen functional groups attached to an aromatic ring is 1. The monoisotopic (exact) mass is 235 g/mol. The first-order valence-electron chi connectivity index (χ1n) is 6.26. The van der Waals surface area contributed by atoms with Crippen LogP contribution in [0.1, 0.15) is 49.8 Å². The van der Waals surface area contributed by atoms with E-state index in [1.54, 1.807) is 0 Å². The van der Waals surface area contributed by atoms with E-state index in [2.05, 4.69) is 36.9 Å². The molecule has 0 amide bonds. The second kappa shape index (κ2) is 5.62. The summed E-state index contributed by atoms with van der Waals surface area (Å²) in [5.41, 5.74) is 8.07. The van der Waals surface area contributed by atoms with Crippen molar-refractivity contribution in [1.29, 1.82) is 0 Å². The Kier molecular flexibility index (Phi) is 4.16. The van der Waals surface area contributed by atoms with Gasteiger partial charge >= 0.3 is 0 Å². The molecular formula is C14H21NS. The van der Waals surface area contributed by atoms with Crippen LogP contribution in [0.2, 0.25) is 0 Å². The number of hydrogen-bond donors (Lipinski definition) is 1. The van der Waals surface area contributed by atoms with Crippen LogP contribution in [-0.4, -0.2) is 5.25 Å². The third-order valence-corrected chi connectivity index (χ3v) is 4.87. The molecule has 1 atom stereocenters. The molecule has 1 aromatic carbocycles. The van der Waals surface area contributed by atoms with E-state index in [1.165, 1.54) is 37.7 Å². The minimum absolute atomic E-state index is 0.576. The van der Waals surface area contributed by atoms with Crippen molar-refractivity contribution in [3.63, 3.8) is 0 Å². The molecule has 88 valence electrons. The predicted molar refractivity (Wildman–Crippen MR) is 73.7 cm³/mol. The summed E-state index contributed by atoms with van der Waals surface area (Å²) in [6.07, 6.45) is 7.07. The lowest BCUT2D eigenvalue weighted by Gasteiger charge is -2.24. The Bertz CT molecular complexity index is 331. The number of rotatable bonds is 3. The molecule has 0 aromatic heterocycles. The van der Waals surface area contributed by atoms with Crippen LogP contribution in [0.3, 0.4) is 0 Å². The van der Waals surface area contributed by atoms with E-state index in [-0.39, 0.29) is 0 Å². The molecule has 0 spiro atoms. The van der Waals surface area contributed by atoms with Crippen LogP contribution < -0.4 is 5.73 Å². The van der Waals surface area contributed by atoms with Gasteiger partial charge in [-0.2, -0.15) is 11.8 Å². The molecule has 2 heteroatoms. The van der Waals surface area contributed by atoms with Crippen molar-refractivity contribution in [2.45, 2.75) is 49.5 Å². The molecule has 16 heavy (non-hydrogen) atoms. The standard InChI is InChI=1S/C14H21NS/c1-11(12-6-5-7-13(15)10-12)16-14-8-3-2-4-9-14/h5-7,10-11,14H,2-4,8-9,15H2,1H3. The van der Waals surface area contributed by atoms with Gasteiger partial charge in [0.1, 0.15) is 0 Å². The fourth-order valence-electron chi connectivity index (χ4n) is 2.38. The summed E-state index contributed by atoms with van der Waals surface area (Å²) >= 11 is 2.13. The van der Waals surface area contributed by atoms with Gasteiger partial charge in [0.25, 0.3) is 0 Å². The number of thioether (sulfide) groups is 1. The fraction of sp³-hybridized carbons (Fsp3) is 0.571. The van der Waals surface area contributed by atoms with Crippen molar-refractivity contribution in [3.05, 3.63) is 29.8 Å². The first-order valence-corrected chi connectivity index (χ1v) is 7.21. The maximum Gasteiger partial charge on any atom is 0.0317 e. The molecule has 1 aliphatic carbocycles. The normalized spacial score (nSPS) is 19.6. The zero-order valence-electron chi connectivity index (χ0n) is 9.99. The maximum atomic E-state index is 5.82. The number of anilines is 1. The summed E-state index contributed by atoms with van der Waals surface area (Å²) in [6, 6.07) is 8.32. The summed E-state index contributed by atoms with van der Waals surface area (Å²) in [5.74, 6) is 0. The van der Waals surface area contributed by atoms with Crippen molar-refractivity contribution < 1.29 is 0 Å². The van der Waals surface area contributed by atoms with Crippen LogP contribution in [0.5, 0.6) is 0 Å². The summed E-state index contributed by atoms with van der Waals surface area (Å²) in [7, 11) is 0. The highest BCUT2D eigenvalue weighted by molar-refractivity contribution is 8.00. The smallest absolute Gasteiger partial charge is 0.0317 e. The second-order valence-electron chi connectivity index (χ2n) is 4.71. The Balaban J connectivity index is 1.94. The van der Waals surface area contributed by atoms with Crippen molar-refractivity contribution in [1.82, 2.24) is 0 Å². The SMILES string of the molecule is CC(SC1CCCCC1)c1cccc(N)c1. The van der Waals surface area contributed by atoms with Gasteiger partial charge in [-0.1, -0.05) is 31.4 Å². The van der Waals surface area contributed by atoms with Crippen LogP contribution >= 0.6 is 11.8 Å². The molecule has 1 fully saturated rings. The molecule has 0 heterocycles. The van der Waals surface area contributed by atoms with E-state index in [0.29, 0.717) is 5.25 Å². The van der Waals surface area contributed by atoms with E-state index in [1.807, 2.05) is 6.07 Å². The Hall–Kier alpha value is -0.630. The molecule has 2 rings (SSSR count). The molecule has 1 nitrogen and oxygen atoms in total. The Morgan fingerprint density at radius 1 is 1.25 bits per heavy atom. The lowest BCUT2D eigenvalue weighted by Crippen LogP contribution is -2.09. The molecule has 1 unspecified atom stereocenters. The van der Waals surface area contributed by atoms with Gasteiger partial charge in [0.2, 0.25) is 0 Å². The van der Waals surface area contributed by atoms with Crippen LogP contribution in [0.4, 0.5) is 5.69 Å². The highest BCUT2D eigenvalue weighted by Crippen LogP contribution is 2.38. The topological polar surface area (TPSA) is 26.0 Å². The molecule has 1 aromatic rings. The van der Waals surface area contributed by atoms with Crippen molar-refractivity contribution in [2.75, 3.05) is 5.73 Å². The Morgan fingerprint density at radius 3 is 2.69 bits per heavy atom. The summed E-state index contributed by atoms with van der Waals surface area (Å²) in [4.78, 5) is 0. The van der Waals surface area contributed by atoms with Gasteiger partial charge < -0.3 is 5.73 Å². The molecule has 0 bridgehead atoms. The zero-order valence-corrected chi connectivity index (χ0v) is 10.8. The molecule has 0 radical (unpaired) electrons. The number of nitrogens with two attached hydrogens (primary N) is 1. The molecule has 1 saturated carbocycles. The van der Waals surface area contributed by atoms with Gasteiger partial charge in [0, 0.05) is 16.2 Å². The summed E-state index contributed by atoms with van der Waals surface area (Å²) in [5, 5.41) is 1.44. The van der Waals surface area contributed by atoms with Crippen LogP contribution in [0.15, 0.2) is 24.3 Å². The second-order valence-corrected chi connectivity index (χ2v) is 6.35. The maximum absolute atomic E-state index is 5.82. The lowest BCUT2D eigenvalue weighted by molar-refractivity contribution is 0.515. The third kappa shape index (κ3) is 3.18. The minimum atomic E-state index is 0.576. The Labute approximate surface area is 103 Å². The molecular weight excluding hydrogens is 214 g/mol. The first-order chi connectivity index (χ1) is 7.75. The van der Waals surface area contributed by atoms with E-state index in [0.717, 1.165) is 10.9 Å². The van der Waals surface area contributed by atoms with E-state index in [9.17, 15) is 0 Å². The largest absolute Gasteiger partial charge is 0.399 e. The van der Waals surface area contributed by atoms with Crippen LogP contribution in [0.25, 0.3) is 0 Å². The van der Waals surface area contributed by atoms with Crippen molar-refractivity contribution >= 4 is 17.4 Å². The molecule has 0 saturated heterocycles. The predicted octanol–water partition coefficient (Wildman–Crippen LogP) is 4.40. The van der Waals surface area contributed by atoms with Gasteiger partial charge in [0.05, 0.1) is 0 Å². The Morgan fingerprint density at radius 2 is 2.00 bits per heavy atom. The van der Waals surface area contributed by atoms with Gasteiger partial charge in [-0.05, 0) is 37.5 Å². The highest BCUT2D eigenvalue weighted by atomic mass is 32.2. The van der Waals surface area contributed by atoms with Gasteiger partial charge in [0.15, 0.2) is 0 Å². The highest BCUT2D eigenvalue weighted by Gasteiger charge is 2.17. The number of benzene rings is 1. The minimum Gasteiger partial charge on any atom is -0.399 e. The van der Waals surface area contributed by atoms with E-state index in [4.69, 9.17) is 5.73 Å². The average Bonchev–Trinajstić information content (AvgIpc) is 2.30. The summed E-state index contributed by atoms with van der Waals surface area (Å²) < 4.78 is 0. The van der Waals surface area contributed by atoms with Crippen molar-refractivity contribution in [3.8, 4) is 0 Å². The zero-order chi connectivity index (χ0) is 11.4. The van der Waals surface area contributed by atoms with Crippen molar-refractivity contribution in [2.24, 2.45) is 0 Å². The molecule has 0 aliphatic heterocycles. The third-order valence-electron chi connectivity index (χ3n) is 3.33. The van der Waals surface area contributed by atoms with Crippen LogP contribution in [0, 0.1) is 0 Å². The average molecular weight is 235 g/mol. The molecule has 1 aliphatic rings. The number of hydrogen-bond acceptors (Lipinski definition) is 2. The quantitative estimate of drug-likeness (QED) is 0.786. The summed E-state index contributed by atoms with van der Waals surface area (Å²) in [6.45, 7) is 2.30. The first kappa shape index (κ1) is 11.8. The van der Waals surface area contributed by atoms with Gasteiger partial charge in [-0.15, -0.1) is 0 Å². The molecule has 2 N–H and O–H groups in total. The van der Waals surface area contributed by atoms with E-state index < -0.39 is 0 Å². The van der Waals surface area contributed by atoms with Crippen LogP contribution in [-0.2, 0) is 0 Å².